The lowest BCUT2D eigenvalue weighted by Crippen LogP contribution is -2.11. The molecule has 0 aliphatic heterocycles. The van der Waals surface area contributed by atoms with Crippen molar-refractivity contribution >= 4 is 38.6 Å². The maximum atomic E-state index is 5.18. The first-order valence-corrected chi connectivity index (χ1v) is 9.32. The van der Waals surface area contributed by atoms with E-state index in [2.05, 4.69) is 43.1 Å². The maximum Gasteiger partial charge on any atom is 0.123 e. The van der Waals surface area contributed by atoms with Crippen LogP contribution in [-0.4, -0.2) is 12.1 Å². The van der Waals surface area contributed by atoms with E-state index in [4.69, 9.17) is 4.74 Å². The predicted molar refractivity (Wildman–Crippen MR) is 96.7 cm³/mol. The van der Waals surface area contributed by atoms with Crippen molar-refractivity contribution in [2.24, 2.45) is 0 Å². The summed E-state index contributed by atoms with van der Waals surface area (Å²) in [6.07, 6.45) is 0. The summed E-state index contributed by atoms with van der Waals surface area (Å²) in [6.45, 7) is 1.65. The fraction of sp³-hybridized carbons (Fsp3) is 0.188. The Morgan fingerprint density at radius 2 is 1.95 bits per heavy atom. The summed E-state index contributed by atoms with van der Waals surface area (Å²) in [5.74, 6) is 0.865. The summed E-state index contributed by atoms with van der Waals surface area (Å²) in [5.41, 5.74) is 2.20. The highest BCUT2D eigenvalue weighted by molar-refractivity contribution is 9.10. The molecule has 0 saturated carbocycles. The summed E-state index contributed by atoms with van der Waals surface area (Å²) in [6, 6.07) is 10.1. The number of ether oxygens (including phenoxy) is 1. The van der Waals surface area contributed by atoms with Crippen molar-refractivity contribution < 1.29 is 4.74 Å². The second-order valence-electron chi connectivity index (χ2n) is 4.71. The SMILES string of the molecule is COc1ccc(-c2nc(CNCc3cc(Br)cs3)cs2)cc1. The zero-order valence-electron chi connectivity index (χ0n) is 12.0. The van der Waals surface area contributed by atoms with Crippen LogP contribution in [0.2, 0.25) is 0 Å². The van der Waals surface area contributed by atoms with E-state index in [0.29, 0.717) is 0 Å². The Morgan fingerprint density at radius 1 is 1.14 bits per heavy atom. The Morgan fingerprint density at radius 3 is 2.64 bits per heavy atom. The van der Waals surface area contributed by atoms with Crippen LogP contribution in [0, 0.1) is 0 Å². The van der Waals surface area contributed by atoms with Gasteiger partial charge in [-0.25, -0.2) is 4.98 Å². The van der Waals surface area contributed by atoms with Gasteiger partial charge in [0.05, 0.1) is 12.8 Å². The molecule has 2 aromatic heterocycles. The first kappa shape index (κ1) is 15.7. The summed E-state index contributed by atoms with van der Waals surface area (Å²) < 4.78 is 6.32. The molecule has 0 atom stereocenters. The number of benzene rings is 1. The Balaban J connectivity index is 1.58. The van der Waals surface area contributed by atoms with Gasteiger partial charge in [0, 0.05) is 38.8 Å². The van der Waals surface area contributed by atoms with Gasteiger partial charge >= 0.3 is 0 Å². The number of aromatic nitrogens is 1. The standard InChI is InChI=1S/C16H15BrN2OS2/c1-20-14-4-2-11(3-5-14)16-19-13(10-22-16)7-18-8-15-6-12(17)9-21-15/h2-6,9-10,18H,7-8H2,1H3. The molecule has 0 spiro atoms. The quantitative estimate of drug-likeness (QED) is 0.643. The third-order valence-electron chi connectivity index (χ3n) is 3.12. The van der Waals surface area contributed by atoms with Crippen LogP contribution in [0.4, 0.5) is 0 Å². The molecule has 3 rings (SSSR count). The Hall–Kier alpha value is -1.21. The van der Waals surface area contributed by atoms with Gasteiger partial charge in [-0.3, -0.25) is 0 Å². The van der Waals surface area contributed by atoms with Crippen molar-refractivity contribution in [3.05, 3.63) is 56.1 Å². The molecule has 0 amide bonds. The van der Waals surface area contributed by atoms with Crippen LogP contribution in [0.15, 0.2) is 45.6 Å². The normalized spacial score (nSPS) is 10.8. The van der Waals surface area contributed by atoms with Crippen LogP contribution in [0.1, 0.15) is 10.6 Å². The maximum absolute atomic E-state index is 5.18. The van der Waals surface area contributed by atoms with Crippen molar-refractivity contribution in [1.82, 2.24) is 10.3 Å². The van der Waals surface area contributed by atoms with Gasteiger partial charge in [0.1, 0.15) is 10.8 Å². The molecule has 6 heteroatoms. The van der Waals surface area contributed by atoms with Gasteiger partial charge in [-0.05, 0) is 46.3 Å². The predicted octanol–water partition coefficient (Wildman–Crippen LogP) is 4.93. The average molecular weight is 395 g/mol. The van der Waals surface area contributed by atoms with Crippen LogP contribution in [0.3, 0.4) is 0 Å². The van der Waals surface area contributed by atoms with E-state index in [0.717, 1.165) is 39.6 Å². The number of methoxy groups -OCH3 is 1. The molecule has 0 radical (unpaired) electrons. The summed E-state index contributed by atoms with van der Waals surface area (Å²) in [5, 5.41) is 8.68. The fourth-order valence-electron chi connectivity index (χ4n) is 2.01. The monoisotopic (exact) mass is 394 g/mol. The second kappa shape index (κ2) is 7.37. The second-order valence-corrected chi connectivity index (χ2v) is 7.48. The van der Waals surface area contributed by atoms with Crippen molar-refractivity contribution in [3.8, 4) is 16.3 Å². The van der Waals surface area contributed by atoms with Gasteiger partial charge in [0.15, 0.2) is 0 Å². The Kier molecular flexibility index (Phi) is 5.25. The average Bonchev–Trinajstić information content (AvgIpc) is 3.17. The number of thiophene rings is 1. The molecule has 22 heavy (non-hydrogen) atoms. The van der Waals surface area contributed by atoms with Gasteiger partial charge in [-0.2, -0.15) is 0 Å². The number of hydrogen-bond acceptors (Lipinski definition) is 5. The lowest BCUT2D eigenvalue weighted by molar-refractivity contribution is 0.415. The zero-order valence-corrected chi connectivity index (χ0v) is 15.2. The molecule has 3 nitrogen and oxygen atoms in total. The highest BCUT2D eigenvalue weighted by Gasteiger charge is 2.05. The Labute approximate surface area is 146 Å². The van der Waals surface area contributed by atoms with Crippen LogP contribution < -0.4 is 10.1 Å². The number of halogens is 1. The molecular formula is C16H15BrN2OS2. The smallest absolute Gasteiger partial charge is 0.123 e. The van der Waals surface area contributed by atoms with E-state index in [-0.39, 0.29) is 0 Å². The van der Waals surface area contributed by atoms with E-state index in [1.165, 1.54) is 4.88 Å². The van der Waals surface area contributed by atoms with Crippen LogP contribution in [-0.2, 0) is 13.1 Å². The number of hydrogen-bond donors (Lipinski definition) is 1. The molecule has 0 unspecified atom stereocenters. The van der Waals surface area contributed by atoms with Crippen LogP contribution >= 0.6 is 38.6 Å². The number of rotatable bonds is 6. The lowest BCUT2D eigenvalue weighted by atomic mass is 10.2. The number of nitrogens with one attached hydrogen (secondary N) is 1. The molecule has 3 aromatic rings. The Bertz CT molecular complexity index is 737. The summed E-state index contributed by atoms with van der Waals surface area (Å²) >= 11 is 6.89. The molecule has 0 aliphatic carbocycles. The summed E-state index contributed by atoms with van der Waals surface area (Å²) in [4.78, 5) is 6.00. The highest BCUT2D eigenvalue weighted by atomic mass is 79.9. The van der Waals surface area contributed by atoms with Crippen molar-refractivity contribution in [3.63, 3.8) is 0 Å². The third kappa shape index (κ3) is 3.95. The van der Waals surface area contributed by atoms with E-state index in [1.807, 2.05) is 24.3 Å². The molecular weight excluding hydrogens is 380 g/mol. The third-order valence-corrected chi connectivity index (χ3v) is 5.75. The van der Waals surface area contributed by atoms with Crippen molar-refractivity contribution in [2.75, 3.05) is 7.11 Å². The fourth-order valence-corrected chi connectivity index (χ4v) is 4.26. The van der Waals surface area contributed by atoms with E-state index in [9.17, 15) is 0 Å². The minimum absolute atomic E-state index is 0.780. The van der Waals surface area contributed by atoms with Gasteiger partial charge in [0.25, 0.3) is 0 Å². The van der Waals surface area contributed by atoms with Gasteiger partial charge in [-0.1, -0.05) is 0 Å². The molecule has 0 aliphatic rings. The van der Waals surface area contributed by atoms with Crippen LogP contribution in [0.25, 0.3) is 10.6 Å². The van der Waals surface area contributed by atoms with Crippen molar-refractivity contribution in [2.45, 2.75) is 13.1 Å². The molecule has 1 aromatic carbocycles. The highest BCUT2D eigenvalue weighted by Crippen LogP contribution is 2.25. The van der Waals surface area contributed by atoms with Gasteiger partial charge in [-0.15, -0.1) is 22.7 Å². The van der Waals surface area contributed by atoms with E-state index >= 15 is 0 Å². The van der Waals surface area contributed by atoms with Gasteiger partial charge < -0.3 is 10.1 Å². The van der Waals surface area contributed by atoms with E-state index in [1.54, 1.807) is 29.8 Å². The van der Waals surface area contributed by atoms with Gasteiger partial charge in [0.2, 0.25) is 0 Å². The molecule has 0 saturated heterocycles. The number of nitrogens with zero attached hydrogens (tertiary/aromatic N) is 1. The minimum Gasteiger partial charge on any atom is -0.497 e. The molecule has 114 valence electrons. The van der Waals surface area contributed by atoms with E-state index < -0.39 is 0 Å². The zero-order chi connectivity index (χ0) is 15.4. The molecule has 2 heterocycles. The molecule has 0 fully saturated rings. The molecule has 1 N–H and O–H groups in total. The summed E-state index contributed by atoms with van der Waals surface area (Å²) in [7, 11) is 1.67. The molecule has 0 bridgehead atoms. The first-order valence-electron chi connectivity index (χ1n) is 6.77. The minimum atomic E-state index is 0.780. The van der Waals surface area contributed by atoms with Crippen molar-refractivity contribution in [1.29, 1.82) is 0 Å². The largest absolute Gasteiger partial charge is 0.497 e. The van der Waals surface area contributed by atoms with Crippen LogP contribution in [0.5, 0.6) is 5.75 Å². The first-order chi connectivity index (χ1) is 10.7. The number of thiazole rings is 1. The topological polar surface area (TPSA) is 34.1 Å². The lowest BCUT2D eigenvalue weighted by Gasteiger charge is -2.01.